The number of nitrogens with one attached hydrogen (secondary N) is 1. The minimum absolute atomic E-state index is 0.334. The van der Waals surface area contributed by atoms with E-state index in [1.807, 2.05) is 42.6 Å². The normalized spacial score (nSPS) is 10.8. The molecule has 0 aliphatic heterocycles. The molecule has 3 nitrogen and oxygen atoms in total. The number of nitrogens with zero attached hydrogens (tertiary/aromatic N) is 2. The minimum Gasteiger partial charge on any atom is -0.345 e. The van der Waals surface area contributed by atoms with Crippen molar-refractivity contribution in [2.24, 2.45) is 0 Å². The van der Waals surface area contributed by atoms with Crippen molar-refractivity contribution in [2.45, 2.75) is 33.0 Å². The molecule has 0 fully saturated rings. The molecule has 0 aliphatic carbocycles. The fourth-order valence-electron chi connectivity index (χ4n) is 3.92. The van der Waals surface area contributed by atoms with Gasteiger partial charge in [-0.25, -0.2) is 4.39 Å². The van der Waals surface area contributed by atoms with Gasteiger partial charge in [0.25, 0.3) is 0 Å². The lowest BCUT2D eigenvalue weighted by atomic mass is 10.1. The van der Waals surface area contributed by atoms with E-state index in [0.717, 1.165) is 23.4 Å². The molecule has 3 aromatic carbocycles. The van der Waals surface area contributed by atoms with Crippen LogP contribution >= 0.6 is 23.8 Å². The Labute approximate surface area is 210 Å². The highest BCUT2D eigenvalue weighted by Crippen LogP contribution is 2.21. The van der Waals surface area contributed by atoms with Gasteiger partial charge in [-0.15, -0.1) is 0 Å². The van der Waals surface area contributed by atoms with Crippen molar-refractivity contribution < 1.29 is 4.39 Å². The van der Waals surface area contributed by atoms with E-state index in [4.69, 9.17) is 23.8 Å². The zero-order chi connectivity index (χ0) is 23.9. The van der Waals surface area contributed by atoms with Crippen LogP contribution in [0.25, 0.3) is 0 Å². The topological polar surface area (TPSA) is 20.2 Å². The quantitative estimate of drug-likeness (QED) is 0.261. The number of hydrogen-bond acceptors (Lipinski definition) is 1. The maximum Gasteiger partial charge on any atom is 0.174 e. The number of thiocarbonyl (C=S) groups is 1. The van der Waals surface area contributed by atoms with Crippen molar-refractivity contribution >= 4 is 34.6 Å². The third kappa shape index (κ3) is 6.04. The monoisotopic (exact) mass is 491 g/mol. The van der Waals surface area contributed by atoms with Crippen LogP contribution in [-0.2, 0) is 26.1 Å². The Morgan fingerprint density at radius 2 is 1.71 bits per heavy atom. The molecule has 1 heterocycles. The molecular weight excluding hydrogens is 465 g/mol. The molecule has 34 heavy (non-hydrogen) atoms. The third-order valence-electron chi connectivity index (χ3n) is 5.78. The van der Waals surface area contributed by atoms with Crippen LogP contribution in [-0.4, -0.2) is 14.6 Å². The van der Waals surface area contributed by atoms with Crippen LogP contribution in [0.15, 0.2) is 91.1 Å². The van der Waals surface area contributed by atoms with E-state index in [1.165, 1.54) is 23.3 Å². The molecule has 4 rings (SSSR count). The minimum atomic E-state index is -0.334. The van der Waals surface area contributed by atoms with Gasteiger partial charge in [0.2, 0.25) is 0 Å². The molecule has 0 aliphatic rings. The Kier molecular flexibility index (Phi) is 7.99. The largest absolute Gasteiger partial charge is 0.345 e. The standard InChI is InChI=1S/C28H27ClFN3S/c1-2-22-11-6-7-13-27(22)31-28(34)33(18-21-9-4-3-5-10-21)20-25-12-8-16-32(25)19-23-14-15-24(30)17-26(23)29/h3-17H,2,18-20H2,1H3,(H,31,34). The van der Waals surface area contributed by atoms with Gasteiger partial charge in [0, 0.05) is 35.7 Å². The number of para-hydroxylation sites is 1. The first kappa shape index (κ1) is 24.0. The molecule has 0 saturated heterocycles. The Hall–Kier alpha value is -3.15. The SMILES string of the molecule is CCc1ccccc1NC(=S)N(Cc1ccccc1)Cc1cccn1Cc1ccc(F)cc1Cl. The van der Waals surface area contributed by atoms with Gasteiger partial charge in [-0.05, 0) is 65.7 Å². The van der Waals surface area contributed by atoms with Gasteiger partial charge in [0.15, 0.2) is 5.11 Å². The zero-order valence-corrected chi connectivity index (χ0v) is 20.6. The molecule has 0 atom stereocenters. The molecule has 6 heteroatoms. The second kappa shape index (κ2) is 11.3. The van der Waals surface area contributed by atoms with Gasteiger partial charge in [-0.3, -0.25) is 0 Å². The van der Waals surface area contributed by atoms with Crippen LogP contribution < -0.4 is 5.32 Å². The molecule has 0 amide bonds. The number of anilines is 1. The van der Waals surface area contributed by atoms with Gasteiger partial charge < -0.3 is 14.8 Å². The summed E-state index contributed by atoms with van der Waals surface area (Å²) < 4.78 is 15.6. The maximum absolute atomic E-state index is 13.5. The lowest BCUT2D eigenvalue weighted by molar-refractivity contribution is 0.399. The number of aromatic nitrogens is 1. The Morgan fingerprint density at radius 3 is 2.47 bits per heavy atom. The molecule has 1 aromatic heterocycles. The molecule has 0 saturated carbocycles. The number of rotatable bonds is 8. The van der Waals surface area contributed by atoms with Crippen molar-refractivity contribution in [3.63, 3.8) is 0 Å². The zero-order valence-electron chi connectivity index (χ0n) is 19.0. The first-order valence-corrected chi connectivity index (χ1v) is 12.1. The average molecular weight is 492 g/mol. The highest BCUT2D eigenvalue weighted by Gasteiger charge is 2.15. The van der Waals surface area contributed by atoms with Gasteiger partial charge in [-0.1, -0.05) is 73.1 Å². The molecule has 0 spiro atoms. The molecule has 0 bridgehead atoms. The fraction of sp³-hybridized carbons (Fsp3) is 0.179. The second-order valence-corrected chi connectivity index (χ2v) is 8.94. The first-order valence-electron chi connectivity index (χ1n) is 11.3. The summed E-state index contributed by atoms with van der Waals surface area (Å²) in [6.45, 7) is 3.97. The predicted molar refractivity (Wildman–Crippen MR) is 143 cm³/mol. The number of benzene rings is 3. The van der Waals surface area contributed by atoms with Crippen molar-refractivity contribution in [3.05, 3.63) is 124 Å². The van der Waals surface area contributed by atoms with Gasteiger partial charge >= 0.3 is 0 Å². The van der Waals surface area contributed by atoms with Gasteiger partial charge in [-0.2, -0.15) is 0 Å². The van der Waals surface area contributed by atoms with E-state index >= 15 is 0 Å². The Morgan fingerprint density at radius 1 is 0.941 bits per heavy atom. The van der Waals surface area contributed by atoms with E-state index in [9.17, 15) is 4.39 Å². The average Bonchev–Trinajstić information content (AvgIpc) is 3.28. The van der Waals surface area contributed by atoms with E-state index in [2.05, 4.69) is 52.0 Å². The predicted octanol–water partition coefficient (Wildman–Crippen LogP) is 7.29. The molecule has 0 unspecified atom stereocenters. The van der Waals surface area contributed by atoms with Crippen LogP contribution in [0.3, 0.4) is 0 Å². The lowest BCUT2D eigenvalue weighted by Crippen LogP contribution is -2.34. The van der Waals surface area contributed by atoms with E-state index in [0.29, 0.717) is 29.8 Å². The Balaban J connectivity index is 1.58. The highest BCUT2D eigenvalue weighted by molar-refractivity contribution is 7.80. The molecular formula is C28H27ClFN3S. The summed E-state index contributed by atoms with van der Waals surface area (Å²) in [7, 11) is 0. The van der Waals surface area contributed by atoms with Crippen molar-refractivity contribution in [1.82, 2.24) is 9.47 Å². The van der Waals surface area contributed by atoms with Crippen LogP contribution in [0.1, 0.15) is 29.3 Å². The maximum atomic E-state index is 13.5. The summed E-state index contributed by atoms with van der Waals surface area (Å²) in [4.78, 5) is 2.16. The summed E-state index contributed by atoms with van der Waals surface area (Å²) in [5.41, 5.74) is 5.38. The highest BCUT2D eigenvalue weighted by atomic mass is 35.5. The summed E-state index contributed by atoms with van der Waals surface area (Å²) >= 11 is 12.2. The van der Waals surface area contributed by atoms with E-state index in [-0.39, 0.29) is 5.82 Å². The number of aryl methyl sites for hydroxylation is 1. The van der Waals surface area contributed by atoms with Crippen molar-refractivity contribution in [1.29, 1.82) is 0 Å². The van der Waals surface area contributed by atoms with E-state index in [1.54, 1.807) is 6.07 Å². The molecule has 174 valence electrons. The summed E-state index contributed by atoms with van der Waals surface area (Å²) in [5.74, 6) is -0.334. The van der Waals surface area contributed by atoms with Crippen molar-refractivity contribution in [2.75, 3.05) is 5.32 Å². The fourth-order valence-corrected chi connectivity index (χ4v) is 4.39. The van der Waals surface area contributed by atoms with Crippen LogP contribution in [0.5, 0.6) is 0 Å². The smallest absolute Gasteiger partial charge is 0.174 e. The molecule has 1 N–H and O–H groups in total. The summed E-state index contributed by atoms with van der Waals surface area (Å²) in [6, 6.07) is 27.2. The van der Waals surface area contributed by atoms with Gasteiger partial charge in [0.05, 0.1) is 6.54 Å². The third-order valence-corrected chi connectivity index (χ3v) is 6.49. The summed E-state index contributed by atoms with van der Waals surface area (Å²) in [6.07, 6.45) is 2.93. The second-order valence-electron chi connectivity index (χ2n) is 8.15. The van der Waals surface area contributed by atoms with Crippen LogP contribution in [0, 0.1) is 5.82 Å². The summed E-state index contributed by atoms with van der Waals surface area (Å²) in [5, 5.41) is 4.55. The number of halogens is 2. The number of hydrogen-bond donors (Lipinski definition) is 1. The van der Waals surface area contributed by atoms with Crippen molar-refractivity contribution in [3.8, 4) is 0 Å². The molecule has 4 aromatic rings. The van der Waals surface area contributed by atoms with Crippen LogP contribution in [0.2, 0.25) is 5.02 Å². The first-order chi connectivity index (χ1) is 16.5. The molecule has 0 radical (unpaired) electrons. The van der Waals surface area contributed by atoms with E-state index < -0.39 is 0 Å². The van der Waals surface area contributed by atoms with Gasteiger partial charge in [0.1, 0.15) is 5.82 Å². The Bertz CT molecular complexity index is 1260. The lowest BCUT2D eigenvalue weighted by Gasteiger charge is -2.27. The van der Waals surface area contributed by atoms with Crippen LogP contribution in [0.4, 0.5) is 10.1 Å².